The molecule has 0 aliphatic carbocycles. The number of benzene rings is 8. The standard InChI is InChI=1S/C43H29N3/c1-2-11-30(12-3-1)41-44-42(31-21-18-29(19-22-31)33-23-20-28-10-4-5-13-32(28)26-33)46-43(45-41)34-24-25-39-37-16-7-6-14-35(37)36-15-8-9-17-38(36)40(39)27-34/h1-27,41H,(H,44,45,46). The summed E-state index contributed by atoms with van der Waals surface area (Å²) >= 11 is 0. The predicted molar refractivity (Wildman–Crippen MR) is 194 cm³/mol. The Morgan fingerprint density at radius 3 is 1.65 bits per heavy atom. The molecule has 0 spiro atoms. The first-order chi connectivity index (χ1) is 22.8. The molecule has 1 heterocycles. The summed E-state index contributed by atoms with van der Waals surface area (Å²) in [7, 11) is 0. The molecular formula is C43H29N3. The van der Waals surface area contributed by atoms with E-state index in [1.54, 1.807) is 0 Å². The lowest BCUT2D eigenvalue weighted by Gasteiger charge is -2.24. The van der Waals surface area contributed by atoms with Crippen molar-refractivity contribution < 1.29 is 0 Å². The highest BCUT2D eigenvalue weighted by atomic mass is 15.2. The van der Waals surface area contributed by atoms with Gasteiger partial charge in [-0.3, -0.25) is 0 Å². The molecule has 0 aromatic heterocycles. The molecule has 0 saturated carbocycles. The predicted octanol–water partition coefficient (Wildman–Crippen LogP) is 10.5. The molecule has 46 heavy (non-hydrogen) atoms. The summed E-state index contributed by atoms with van der Waals surface area (Å²) in [6, 6.07) is 58.2. The molecule has 216 valence electrons. The Bertz CT molecular complexity index is 2460. The van der Waals surface area contributed by atoms with Crippen LogP contribution in [0.25, 0.3) is 54.2 Å². The molecule has 1 aliphatic heterocycles. The fourth-order valence-corrected chi connectivity index (χ4v) is 6.77. The van der Waals surface area contributed by atoms with Crippen molar-refractivity contribution in [2.75, 3.05) is 0 Å². The maximum Gasteiger partial charge on any atom is 0.159 e. The van der Waals surface area contributed by atoms with Gasteiger partial charge in [0.15, 0.2) is 5.84 Å². The quantitative estimate of drug-likeness (QED) is 0.204. The van der Waals surface area contributed by atoms with Crippen LogP contribution in [0.3, 0.4) is 0 Å². The van der Waals surface area contributed by atoms with E-state index in [0.29, 0.717) is 0 Å². The lowest BCUT2D eigenvalue weighted by Crippen LogP contribution is -2.33. The van der Waals surface area contributed by atoms with Crippen LogP contribution in [0.1, 0.15) is 22.9 Å². The van der Waals surface area contributed by atoms with Gasteiger partial charge in [-0.2, -0.15) is 0 Å². The lowest BCUT2D eigenvalue weighted by atomic mass is 9.93. The van der Waals surface area contributed by atoms with Crippen molar-refractivity contribution in [3.05, 3.63) is 180 Å². The molecule has 0 radical (unpaired) electrons. The molecule has 1 aliphatic rings. The molecule has 9 rings (SSSR count). The van der Waals surface area contributed by atoms with E-state index in [9.17, 15) is 0 Å². The molecule has 3 nitrogen and oxygen atoms in total. The van der Waals surface area contributed by atoms with Gasteiger partial charge in [0.2, 0.25) is 0 Å². The van der Waals surface area contributed by atoms with Crippen LogP contribution < -0.4 is 5.32 Å². The van der Waals surface area contributed by atoms with Gasteiger partial charge in [-0.05, 0) is 71.9 Å². The third-order valence-electron chi connectivity index (χ3n) is 9.10. The summed E-state index contributed by atoms with van der Waals surface area (Å²) in [6.07, 6.45) is -0.257. The summed E-state index contributed by atoms with van der Waals surface area (Å²) in [5.74, 6) is 1.53. The first-order valence-electron chi connectivity index (χ1n) is 15.7. The third kappa shape index (κ3) is 4.53. The van der Waals surface area contributed by atoms with Crippen LogP contribution in [-0.4, -0.2) is 11.7 Å². The van der Waals surface area contributed by atoms with Gasteiger partial charge >= 0.3 is 0 Å². The third-order valence-corrected chi connectivity index (χ3v) is 9.10. The van der Waals surface area contributed by atoms with E-state index in [-0.39, 0.29) is 6.17 Å². The number of amidine groups is 2. The van der Waals surface area contributed by atoms with Crippen LogP contribution >= 0.6 is 0 Å². The molecule has 0 amide bonds. The summed E-state index contributed by atoms with van der Waals surface area (Å²) in [4.78, 5) is 10.3. The minimum absolute atomic E-state index is 0.257. The average molecular weight is 588 g/mol. The van der Waals surface area contributed by atoms with Gasteiger partial charge in [0, 0.05) is 11.1 Å². The normalized spacial score (nSPS) is 14.7. The summed E-state index contributed by atoms with van der Waals surface area (Å²) in [5, 5.41) is 13.6. The van der Waals surface area contributed by atoms with Gasteiger partial charge in [-0.15, -0.1) is 0 Å². The number of rotatable bonds is 4. The van der Waals surface area contributed by atoms with Gasteiger partial charge in [-0.25, -0.2) is 9.98 Å². The van der Waals surface area contributed by atoms with Crippen LogP contribution in [0.5, 0.6) is 0 Å². The van der Waals surface area contributed by atoms with Crippen molar-refractivity contribution in [3.63, 3.8) is 0 Å². The molecule has 0 saturated heterocycles. The van der Waals surface area contributed by atoms with Crippen LogP contribution in [-0.2, 0) is 0 Å². The van der Waals surface area contributed by atoms with E-state index in [2.05, 4.69) is 163 Å². The number of fused-ring (bicyclic) bond motifs is 7. The Morgan fingerprint density at radius 1 is 0.391 bits per heavy atom. The minimum Gasteiger partial charge on any atom is -0.344 e. The molecule has 8 aromatic carbocycles. The molecule has 8 aromatic rings. The fourth-order valence-electron chi connectivity index (χ4n) is 6.77. The highest BCUT2D eigenvalue weighted by Gasteiger charge is 2.22. The van der Waals surface area contributed by atoms with Crippen LogP contribution in [0.15, 0.2) is 174 Å². The summed E-state index contributed by atoms with van der Waals surface area (Å²) in [6.45, 7) is 0. The van der Waals surface area contributed by atoms with Crippen LogP contribution in [0.4, 0.5) is 0 Å². The van der Waals surface area contributed by atoms with Crippen molar-refractivity contribution in [2.45, 2.75) is 6.17 Å². The van der Waals surface area contributed by atoms with Crippen LogP contribution in [0, 0.1) is 0 Å². The largest absolute Gasteiger partial charge is 0.344 e. The van der Waals surface area contributed by atoms with E-state index >= 15 is 0 Å². The zero-order valence-electron chi connectivity index (χ0n) is 25.1. The smallest absolute Gasteiger partial charge is 0.159 e. The Labute approximate surface area is 267 Å². The molecule has 1 atom stereocenters. The molecule has 0 fully saturated rings. The average Bonchev–Trinajstić information content (AvgIpc) is 3.15. The van der Waals surface area contributed by atoms with Crippen molar-refractivity contribution in [2.24, 2.45) is 9.98 Å². The number of nitrogens with zero attached hydrogens (tertiary/aromatic N) is 2. The number of nitrogens with one attached hydrogen (secondary N) is 1. The molecular weight excluding hydrogens is 558 g/mol. The molecule has 1 unspecified atom stereocenters. The maximum absolute atomic E-state index is 5.15. The Kier molecular flexibility index (Phi) is 6.20. The topological polar surface area (TPSA) is 36.8 Å². The second-order valence-corrected chi connectivity index (χ2v) is 11.9. The number of hydrogen-bond donors (Lipinski definition) is 1. The maximum atomic E-state index is 5.15. The molecule has 1 N–H and O–H groups in total. The molecule has 3 heteroatoms. The summed E-state index contributed by atoms with van der Waals surface area (Å²) < 4.78 is 0. The SMILES string of the molecule is c1ccc(C2N=C(c3ccc(-c4ccc5ccccc5c4)cc3)N=C(c3ccc4c5ccccc5c5ccccc5c4c3)N2)cc1. The van der Waals surface area contributed by atoms with Crippen molar-refractivity contribution in [1.82, 2.24) is 5.32 Å². The number of hydrogen-bond acceptors (Lipinski definition) is 3. The van der Waals surface area contributed by atoms with E-state index in [0.717, 1.165) is 28.4 Å². The van der Waals surface area contributed by atoms with Crippen molar-refractivity contribution in [1.29, 1.82) is 0 Å². The van der Waals surface area contributed by atoms with Crippen molar-refractivity contribution in [3.8, 4) is 11.1 Å². The van der Waals surface area contributed by atoms with E-state index in [1.165, 1.54) is 54.2 Å². The van der Waals surface area contributed by atoms with Gasteiger partial charge in [0.25, 0.3) is 0 Å². The van der Waals surface area contributed by atoms with Gasteiger partial charge < -0.3 is 5.32 Å². The molecule has 0 bridgehead atoms. The fraction of sp³-hybridized carbons (Fsp3) is 0.0233. The van der Waals surface area contributed by atoms with Gasteiger partial charge in [0.1, 0.15) is 12.0 Å². The lowest BCUT2D eigenvalue weighted by molar-refractivity contribution is 0.674. The number of aliphatic imine (C=N–C) groups is 2. The monoisotopic (exact) mass is 587 g/mol. The zero-order chi connectivity index (χ0) is 30.5. The first kappa shape index (κ1) is 26.4. The Morgan fingerprint density at radius 2 is 0.935 bits per heavy atom. The first-order valence-corrected chi connectivity index (χ1v) is 15.7. The minimum atomic E-state index is -0.257. The van der Waals surface area contributed by atoms with E-state index in [4.69, 9.17) is 9.98 Å². The van der Waals surface area contributed by atoms with Crippen LogP contribution in [0.2, 0.25) is 0 Å². The van der Waals surface area contributed by atoms with Gasteiger partial charge in [0.05, 0.1) is 0 Å². The summed E-state index contributed by atoms with van der Waals surface area (Å²) in [5.41, 5.74) is 5.48. The highest BCUT2D eigenvalue weighted by Crippen LogP contribution is 2.36. The van der Waals surface area contributed by atoms with Gasteiger partial charge in [-0.1, -0.05) is 152 Å². The van der Waals surface area contributed by atoms with Crippen molar-refractivity contribution >= 4 is 54.8 Å². The highest BCUT2D eigenvalue weighted by molar-refractivity contribution is 6.26. The zero-order valence-corrected chi connectivity index (χ0v) is 25.1. The second kappa shape index (κ2) is 10.8. The Hall–Kier alpha value is -6.06. The Balaban J connectivity index is 1.15. The second-order valence-electron chi connectivity index (χ2n) is 11.9. The van der Waals surface area contributed by atoms with E-state index in [1.807, 2.05) is 6.07 Å². The van der Waals surface area contributed by atoms with E-state index < -0.39 is 0 Å².